The minimum absolute atomic E-state index is 0.0138. The topological polar surface area (TPSA) is 41.3 Å². The lowest BCUT2D eigenvalue weighted by Gasteiger charge is -2.25. The zero-order valence-electron chi connectivity index (χ0n) is 13.8. The van der Waals surface area contributed by atoms with Crippen LogP contribution in [0.15, 0.2) is 54.6 Å². The number of para-hydroxylation sites is 2. The third kappa shape index (κ3) is 2.95. The van der Waals surface area contributed by atoms with Crippen molar-refractivity contribution in [1.82, 2.24) is 14.5 Å². The van der Waals surface area contributed by atoms with Crippen LogP contribution in [0.2, 0.25) is 0 Å². The van der Waals surface area contributed by atoms with E-state index in [0.29, 0.717) is 6.04 Å². The van der Waals surface area contributed by atoms with Gasteiger partial charge < -0.3 is 9.67 Å². The number of rotatable bonds is 5. The van der Waals surface area contributed by atoms with E-state index in [2.05, 4.69) is 50.8 Å². The van der Waals surface area contributed by atoms with Crippen LogP contribution in [-0.4, -0.2) is 32.1 Å². The largest absolute Gasteiger partial charge is 0.388 e. The number of fused-ring (bicyclic) bond motifs is 1. The van der Waals surface area contributed by atoms with Crippen molar-refractivity contribution in [2.24, 2.45) is 0 Å². The molecule has 24 heavy (non-hydrogen) atoms. The molecule has 0 aliphatic carbocycles. The van der Waals surface area contributed by atoms with E-state index >= 15 is 0 Å². The summed E-state index contributed by atoms with van der Waals surface area (Å²) >= 11 is 0. The second kappa shape index (κ2) is 6.75. The molecule has 1 aromatic heterocycles. The van der Waals surface area contributed by atoms with Gasteiger partial charge in [-0.1, -0.05) is 42.5 Å². The lowest BCUT2D eigenvalue weighted by Crippen LogP contribution is -2.33. The molecule has 0 amide bonds. The molecule has 4 heteroatoms. The molecule has 2 aromatic carbocycles. The maximum Gasteiger partial charge on any atom is 0.135 e. The number of benzene rings is 2. The Balaban J connectivity index is 1.58. The Bertz CT molecular complexity index is 812. The SMILES string of the molecule is OCc1nc2ccccc2n1C[C@H]1CCCN1Cc1ccccc1. The van der Waals surface area contributed by atoms with Crippen molar-refractivity contribution in [2.75, 3.05) is 6.54 Å². The summed E-state index contributed by atoms with van der Waals surface area (Å²) in [4.78, 5) is 7.14. The maximum absolute atomic E-state index is 9.70. The van der Waals surface area contributed by atoms with Crippen molar-refractivity contribution >= 4 is 11.0 Å². The lowest BCUT2D eigenvalue weighted by atomic mass is 10.1. The summed E-state index contributed by atoms with van der Waals surface area (Å²) < 4.78 is 2.20. The molecule has 2 heterocycles. The molecule has 1 aliphatic rings. The van der Waals surface area contributed by atoms with Crippen molar-refractivity contribution in [3.05, 3.63) is 66.0 Å². The van der Waals surface area contributed by atoms with Crippen LogP contribution in [0.25, 0.3) is 11.0 Å². The summed E-state index contributed by atoms with van der Waals surface area (Å²) in [6.07, 6.45) is 2.43. The first-order chi connectivity index (χ1) is 11.8. The van der Waals surface area contributed by atoms with Gasteiger partial charge in [0.1, 0.15) is 12.4 Å². The van der Waals surface area contributed by atoms with Crippen LogP contribution < -0.4 is 0 Å². The fraction of sp³-hybridized carbons (Fsp3) is 0.350. The number of hydrogen-bond donors (Lipinski definition) is 1. The van der Waals surface area contributed by atoms with Crippen molar-refractivity contribution in [3.8, 4) is 0 Å². The monoisotopic (exact) mass is 321 g/mol. The van der Waals surface area contributed by atoms with E-state index in [1.165, 1.54) is 18.4 Å². The smallest absolute Gasteiger partial charge is 0.135 e. The quantitative estimate of drug-likeness (QED) is 0.784. The van der Waals surface area contributed by atoms with Crippen LogP contribution in [0.1, 0.15) is 24.2 Å². The number of hydrogen-bond acceptors (Lipinski definition) is 3. The summed E-state index contributed by atoms with van der Waals surface area (Å²) in [5.74, 6) is 0.766. The first-order valence-corrected chi connectivity index (χ1v) is 8.68. The number of imidazole rings is 1. The average Bonchev–Trinajstić information content (AvgIpc) is 3.21. The molecule has 4 rings (SSSR count). The first kappa shape index (κ1) is 15.4. The van der Waals surface area contributed by atoms with Gasteiger partial charge in [-0.3, -0.25) is 4.90 Å². The van der Waals surface area contributed by atoms with E-state index in [4.69, 9.17) is 0 Å². The standard InChI is InChI=1S/C20H23N3O/c24-15-20-21-18-10-4-5-11-19(18)23(20)14-17-9-6-12-22(17)13-16-7-2-1-3-8-16/h1-5,7-8,10-11,17,24H,6,9,12-15H2/t17-/m1/s1. The van der Waals surface area contributed by atoms with Crippen LogP contribution >= 0.6 is 0 Å². The molecule has 1 saturated heterocycles. The van der Waals surface area contributed by atoms with Crippen molar-refractivity contribution < 1.29 is 5.11 Å². The number of aromatic nitrogens is 2. The molecule has 0 bridgehead atoms. The van der Waals surface area contributed by atoms with Gasteiger partial charge in [0.2, 0.25) is 0 Å². The van der Waals surface area contributed by atoms with Crippen molar-refractivity contribution in [3.63, 3.8) is 0 Å². The number of aliphatic hydroxyl groups excluding tert-OH is 1. The predicted molar refractivity (Wildman–Crippen MR) is 95.5 cm³/mol. The van der Waals surface area contributed by atoms with Crippen LogP contribution in [0.3, 0.4) is 0 Å². The first-order valence-electron chi connectivity index (χ1n) is 8.68. The summed E-state index contributed by atoms with van der Waals surface area (Å²) in [6.45, 7) is 3.01. The molecular formula is C20H23N3O. The highest BCUT2D eigenvalue weighted by molar-refractivity contribution is 5.75. The third-order valence-electron chi connectivity index (χ3n) is 5.00. The molecular weight excluding hydrogens is 298 g/mol. The summed E-state index contributed by atoms with van der Waals surface area (Å²) in [6, 6.07) is 19.3. The lowest BCUT2D eigenvalue weighted by molar-refractivity contribution is 0.216. The van der Waals surface area contributed by atoms with E-state index in [1.807, 2.05) is 18.2 Å². The minimum Gasteiger partial charge on any atom is -0.388 e. The maximum atomic E-state index is 9.70. The molecule has 1 N–H and O–H groups in total. The van der Waals surface area contributed by atoms with E-state index in [1.54, 1.807) is 0 Å². The number of aliphatic hydroxyl groups is 1. The fourth-order valence-electron chi connectivity index (χ4n) is 3.79. The van der Waals surface area contributed by atoms with Crippen LogP contribution in [0.4, 0.5) is 0 Å². The number of likely N-dealkylation sites (tertiary alicyclic amines) is 1. The molecule has 1 aliphatic heterocycles. The van der Waals surface area contributed by atoms with Crippen LogP contribution in [0.5, 0.6) is 0 Å². The highest BCUT2D eigenvalue weighted by atomic mass is 16.3. The highest BCUT2D eigenvalue weighted by Gasteiger charge is 2.26. The molecule has 1 atom stereocenters. The summed E-state index contributed by atoms with van der Waals surface area (Å²) in [5.41, 5.74) is 3.45. The number of nitrogens with zero attached hydrogens (tertiary/aromatic N) is 3. The Morgan fingerprint density at radius 1 is 1.04 bits per heavy atom. The second-order valence-electron chi connectivity index (χ2n) is 6.54. The molecule has 1 fully saturated rings. The van der Waals surface area contributed by atoms with Gasteiger partial charge in [0.05, 0.1) is 11.0 Å². The van der Waals surface area contributed by atoms with E-state index in [0.717, 1.165) is 36.5 Å². The molecule has 0 spiro atoms. The normalized spacial score (nSPS) is 18.5. The van der Waals surface area contributed by atoms with E-state index in [-0.39, 0.29) is 6.61 Å². The molecule has 124 valence electrons. The molecule has 0 unspecified atom stereocenters. The van der Waals surface area contributed by atoms with Crippen LogP contribution in [0, 0.1) is 0 Å². The molecule has 4 nitrogen and oxygen atoms in total. The van der Waals surface area contributed by atoms with Gasteiger partial charge in [0.25, 0.3) is 0 Å². The zero-order valence-corrected chi connectivity index (χ0v) is 13.8. The van der Waals surface area contributed by atoms with Crippen molar-refractivity contribution in [1.29, 1.82) is 0 Å². The highest BCUT2D eigenvalue weighted by Crippen LogP contribution is 2.24. The van der Waals surface area contributed by atoms with E-state index in [9.17, 15) is 5.11 Å². The molecule has 0 saturated carbocycles. The predicted octanol–water partition coefficient (Wildman–Crippen LogP) is 3.19. The fourth-order valence-corrected chi connectivity index (χ4v) is 3.79. The zero-order chi connectivity index (χ0) is 16.4. The van der Waals surface area contributed by atoms with Crippen molar-refractivity contribution in [2.45, 2.75) is 38.6 Å². The Labute approximate surface area is 142 Å². The van der Waals surface area contributed by atoms with Gasteiger partial charge in [-0.25, -0.2) is 4.98 Å². The second-order valence-corrected chi connectivity index (χ2v) is 6.54. The van der Waals surface area contributed by atoms with Gasteiger partial charge >= 0.3 is 0 Å². The van der Waals surface area contributed by atoms with Crippen LogP contribution in [-0.2, 0) is 19.7 Å². The summed E-state index contributed by atoms with van der Waals surface area (Å²) in [7, 11) is 0. The minimum atomic E-state index is -0.0138. The van der Waals surface area contributed by atoms with Gasteiger partial charge in [-0.15, -0.1) is 0 Å². The average molecular weight is 321 g/mol. The van der Waals surface area contributed by atoms with E-state index < -0.39 is 0 Å². The third-order valence-corrected chi connectivity index (χ3v) is 5.00. The Hall–Kier alpha value is -2.17. The van der Waals surface area contributed by atoms with Gasteiger partial charge in [-0.05, 0) is 37.1 Å². The Morgan fingerprint density at radius 2 is 1.83 bits per heavy atom. The molecule has 3 aromatic rings. The Kier molecular flexibility index (Phi) is 4.32. The van der Waals surface area contributed by atoms with Gasteiger partial charge in [0.15, 0.2) is 0 Å². The van der Waals surface area contributed by atoms with Gasteiger partial charge in [0, 0.05) is 19.1 Å². The van der Waals surface area contributed by atoms with Gasteiger partial charge in [-0.2, -0.15) is 0 Å². The summed E-state index contributed by atoms with van der Waals surface area (Å²) in [5, 5.41) is 9.70. The Morgan fingerprint density at radius 3 is 2.67 bits per heavy atom. The molecule has 0 radical (unpaired) electrons.